The predicted molar refractivity (Wildman–Crippen MR) is 69.1 cm³/mol. The van der Waals surface area contributed by atoms with Gasteiger partial charge >= 0.3 is 0 Å². The van der Waals surface area contributed by atoms with E-state index in [1.807, 2.05) is 24.7 Å². The number of rotatable bonds is 1. The molecule has 3 nitrogen and oxygen atoms in total. The molecule has 0 spiro atoms. The largest absolute Gasteiger partial charge is 0.285 e. The van der Waals surface area contributed by atoms with Gasteiger partial charge in [0.1, 0.15) is 11.5 Å². The molecule has 0 aliphatic rings. The minimum absolute atomic E-state index is 1.03. The Morgan fingerprint density at radius 1 is 1.06 bits per heavy atom. The van der Waals surface area contributed by atoms with Gasteiger partial charge in [-0.3, -0.25) is 9.08 Å². The molecule has 0 saturated carbocycles. The van der Waals surface area contributed by atoms with Gasteiger partial charge in [-0.1, -0.05) is 30.3 Å². The number of hydrogen-bond donors (Lipinski definition) is 0. The summed E-state index contributed by atoms with van der Waals surface area (Å²) in [6.45, 7) is 4.18. The lowest BCUT2D eigenvalue weighted by Crippen LogP contribution is -1.90. The molecule has 3 heteroatoms. The van der Waals surface area contributed by atoms with E-state index < -0.39 is 0 Å². The average Bonchev–Trinajstić information content (AvgIpc) is 2.81. The standard InChI is InChI=1S/C14H15N3/c1-10-13(12-7-5-4-6-8-12)9-14-16(3)15-11(2)17(10)14/h4-9H,1-3H3. The van der Waals surface area contributed by atoms with Gasteiger partial charge in [-0.2, -0.15) is 5.10 Å². The van der Waals surface area contributed by atoms with Crippen molar-refractivity contribution in [2.45, 2.75) is 13.8 Å². The molecule has 0 N–H and O–H groups in total. The fourth-order valence-corrected chi connectivity index (χ4v) is 2.46. The van der Waals surface area contributed by atoms with Crippen molar-refractivity contribution in [3.63, 3.8) is 0 Å². The monoisotopic (exact) mass is 225 g/mol. The highest BCUT2D eigenvalue weighted by Gasteiger charge is 2.13. The Morgan fingerprint density at radius 3 is 2.41 bits per heavy atom. The Bertz CT molecular complexity index is 674. The van der Waals surface area contributed by atoms with Crippen LogP contribution in [0.15, 0.2) is 36.4 Å². The maximum absolute atomic E-state index is 4.43. The van der Waals surface area contributed by atoms with Crippen molar-refractivity contribution in [1.82, 2.24) is 14.2 Å². The molecule has 0 atom stereocenters. The fourth-order valence-electron chi connectivity index (χ4n) is 2.46. The molecule has 3 rings (SSSR count). The van der Waals surface area contributed by atoms with Crippen LogP contribution in [0, 0.1) is 13.8 Å². The first-order chi connectivity index (χ1) is 8.18. The van der Waals surface area contributed by atoms with Gasteiger partial charge in [0, 0.05) is 18.3 Å². The predicted octanol–water partition coefficient (Wildman–Crippen LogP) is 2.96. The molecular formula is C14H15N3. The lowest BCUT2D eigenvalue weighted by atomic mass is 10.1. The minimum atomic E-state index is 1.03. The van der Waals surface area contributed by atoms with E-state index in [4.69, 9.17) is 0 Å². The van der Waals surface area contributed by atoms with Crippen molar-refractivity contribution in [1.29, 1.82) is 0 Å². The molecule has 0 aliphatic heterocycles. The third-order valence-corrected chi connectivity index (χ3v) is 3.26. The second-order valence-electron chi connectivity index (χ2n) is 4.37. The van der Waals surface area contributed by atoms with Crippen LogP contribution < -0.4 is 0 Å². The number of benzene rings is 1. The van der Waals surface area contributed by atoms with E-state index in [-0.39, 0.29) is 0 Å². The van der Waals surface area contributed by atoms with Crippen molar-refractivity contribution < 1.29 is 0 Å². The van der Waals surface area contributed by atoms with Crippen LogP contribution >= 0.6 is 0 Å². The summed E-state index contributed by atoms with van der Waals surface area (Å²) in [6, 6.07) is 12.7. The summed E-state index contributed by atoms with van der Waals surface area (Å²) in [5.74, 6) is 1.03. The molecular weight excluding hydrogens is 210 g/mol. The van der Waals surface area contributed by atoms with Gasteiger partial charge in [-0.15, -0.1) is 0 Å². The number of hydrogen-bond acceptors (Lipinski definition) is 1. The number of aromatic nitrogens is 3. The summed E-state index contributed by atoms with van der Waals surface area (Å²) in [7, 11) is 1.98. The number of aryl methyl sites for hydroxylation is 3. The quantitative estimate of drug-likeness (QED) is 0.624. The lowest BCUT2D eigenvalue weighted by molar-refractivity contribution is 0.782. The molecule has 86 valence electrons. The van der Waals surface area contributed by atoms with Crippen LogP contribution in [-0.4, -0.2) is 14.2 Å². The van der Waals surface area contributed by atoms with Crippen molar-refractivity contribution in [3.05, 3.63) is 47.9 Å². The summed E-state index contributed by atoms with van der Waals surface area (Å²) in [5, 5.41) is 4.43. The zero-order valence-electron chi connectivity index (χ0n) is 10.3. The van der Waals surface area contributed by atoms with E-state index in [0.717, 1.165) is 11.5 Å². The molecule has 1 aromatic carbocycles. The topological polar surface area (TPSA) is 22.2 Å². The van der Waals surface area contributed by atoms with E-state index >= 15 is 0 Å². The summed E-state index contributed by atoms with van der Waals surface area (Å²) >= 11 is 0. The zero-order chi connectivity index (χ0) is 12.0. The molecule has 3 aromatic rings. The molecule has 17 heavy (non-hydrogen) atoms. The Balaban J connectivity index is 2.33. The Labute approximate surface area is 100 Å². The fraction of sp³-hybridized carbons (Fsp3) is 0.214. The van der Waals surface area contributed by atoms with E-state index in [1.165, 1.54) is 16.8 Å². The summed E-state index contributed by atoms with van der Waals surface area (Å²) in [4.78, 5) is 0. The first-order valence-corrected chi connectivity index (χ1v) is 5.75. The first kappa shape index (κ1) is 10.1. The molecule has 0 unspecified atom stereocenters. The Hall–Kier alpha value is -2.03. The molecule has 0 aliphatic carbocycles. The second-order valence-corrected chi connectivity index (χ2v) is 4.37. The third kappa shape index (κ3) is 1.39. The molecule has 0 radical (unpaired) electrons. The Morgan fingerprint density at radius 2 is 1.76 bits per heavy atom. The summed E-state index contributed by atoms with van der Waals surface area (Å²) < 4.78 is 4.12. The van der Waals surface area contributed by atoms with Crippen LogP contribution in [0.2, 0.25) is 0 Å². The zero-order valence-corrected chi connectivity index (χ0v) is 10.3. The van der Waals surface area contributed by atoms with Crippen molar-refractivity contribution >= 4 is 5.65 Å². The molecule has 2 heterocycles. The highest BCUT2D eigenvalue weighted by Crippen LogP contribution is 2.27. The van der Waals surface area contributed by atoms with Crippen LogP contribution in [0.5, 0.6) is 0 Å². The minimum Gasteiger partial charge on any atom is -0.285 e. The van der Waals surface area contributed by atoms with E-state index in [1.54, 1.807) is 0 Å². The molecule has 0 saturated heterocycles. The van der Waals surface area contributed by atoms with E-state index in [0.29, 0.717) is 0 Å². The summed E-state index contributed by atoms with van der Waals surface area (Å²) in [6.07, 6.45) is 0. The van der Waals surface area contributed by atoms with E-state index in [9.17, 15) is 0 Å². The first-order valence-electron chi connectivity index (χ1n) is 5.75. The van der Waals surface area contributed by atoms with Gasteiger partial charge in [0.25, 0.3) is 0 Å². The number of nitrogens with zero attached hydrogens (tertiary/aromatic N) is 3. The highest BCUT2D eigenvalue weighted by atomic mass is 15.4. The highest BCUT2D eigenvalue weighted by molar-refractivity contribution is 5.72. The maximum Gasteiger partial charge on any atom is 0.135 e. The molecule has 0 amide bonds. The van der Waals surface area contributed by atoms with Crippen molar-refractivity contribution in [3.8, 4) is 11.1 Å². The number of fused-ring (bicyclic) bond motifs is 1. The van der Waals surface area contributed by atoms with Crippen LogP contribution in [0.4, 0.5) is 0 Å². The van der Waals surface area contributed by atoms with Gasteiger partial charge in [-0.25, -0.2) is 0 Å². The molecule has 0 fully saturated rings. The Kier molecular flexibility index (Phi) is 2.08. The van der Waals surface area contributed by atoms with Gasteiger partial charge in [0.15, 0.2) is 0 Å². The van der Waals surface area contributed by atoms with Crippen molar-refractivity contribution in [2.75, 3.05) is 0 Å². The van der Waals surface area contributed by atoms with Crippen LogP contribution in [0.1, 0.15) is 11.5 Å². The van der Waals surface area contributed by atoms with Crippen LogP contribution in [-0.2, 0) is 7.05 Å². The van der Waals surface area contributed by atoms with E-state index in [2.05, 4.69) is 46.8 Å². The summed E-state index contributed by atoms with van der Waals surface area (Å²) in [5.41, 5.74) is 4.92. The SMILES string of the molecule is Cc1nn(C)c2cc(-c3ccccc3)c(C)n12. The smallest absolute Gasteiger partial charge is 0.135 e. The van der Waals surface area contributed by atoms with Gasteiger partial charge in [0.05, 0.1) is 0 Å². The van der Waals surface area contributed by atoms with Crippen molar-refractivity contribution in [2.24, 2.45) is 7.05 Å². The normalized spacial score (nSPS) is 11.2. The molecule has 0 bridgehead atoms. The van der Waals surface area contributed by atoms with Crippen LogP contribution in [0.25, 0.3) is 16.8 Å². The van der Waals surface area contributed by atoms with Gasteiger partial charge in [0.2, 0.25) is 0 Å². The molecule has 2 aromatic heterocycles. The lowest BCUT2D eigenvalue weighted by Gasteiger charge is -2.00. The van der Waals surface area contributed by atoms with Crippen LogP contribution in [0.3, 0.4) is 0 Å². The second kappa shape index (κ2) is 3.48. The van der Waals surface area contributed by atoms with Gasteiger partial charge in [-0.05, 0) is 25.5 Å². The average molecular weight is 225 g/mol. The maximum atomic E-state index is 4.43. The van der Waals surface area contributed by atoms with Gasteiger partial charge < -0.3 is 0 Å². The third-order valence-electron chi connectivity index (χ3n) is 3.26.